The van der Waals surface area contributed by atoms with Gasteiger partial charge in [-0.25, -0.2) is 5.43 Å². The van der Waals surface area contributed by atoms with Gasteiger partial charge in [0.05, 0.1) is 13.7 Å². The number of benzene rings is 2. The number of carboxylic acid groups (broad SMARTS) is 1. The summed E-state index contributed by atoms with van der Waals surface area (Å²) in [4.78, 5) is 8.94. The van der Waals surface area contributed by atoms with E-state index >= 15 is 0 Å². The SMILES string of the molecule is CC(=O)O.COc1ccccc1S(=O)(=O)Oc1cc(C)cc(OCCC=NNC(=N)N)c1. The number of hydrogen-bond donors (Lipinski definition) is 4. The highest BCUT2D eigenvalue weighted by atomic mass is 32.2. The van der Waals surface area contributed by atoms with Crippen molar-refractivity contribution < 1.29 is 32.0 Å². The molecule has 5 N–H and O–H groups in total. The molecule has 0 heterocycles. The molecule has 0 saturated carbocycles. The summed E-state index contributed by atoms with van der Waals surface area (Å²) in [7, 11) is -2.68. The third kappa shape index (κ3) is 9.80. The Balaban J connectivity index is 0.00000118. The zero-order valence-electron chi connectivity index (χ0n) is 17.9. The summed E-state index contributed by atoms with van der Waals surface area (Å²) >= 11 is 0. The molecule has 0 saturated heterocycles. The van der Waals surface area contributed by atoms with Gasteiger partial charge in [0.25, 0.3) is 5.97 Å². The second kappa shape index (κ2) is 12.8. The summed E-state index contributed by atoms with van der Waals surface area (Å²) in [6.07, 6.45) is 1.98. The van der Waals surface area contributed by atoms with E-state index in [0.29, 0.717) is 18.8 Å². The van der Waals surface area contributed by atoms with Crippen LogP contribution in [0.4, 0.5) is 0 Å². The van der Waals surface area contributed by atoms with E-state index in [1.807, 2.05) is 0 Å². The molecule has 0 spiro atoms. The maximum atomic E-state index is 12.6. The van der Waals surface area contributed by atoms with Crippen LogP contribution in [0.1, 0.15) is 18.9 Å². The second-order valence-electron chi connectivity index (χ2n) is 6.16. The number of carbonyl (C=O) groups is 1. The van der Waals surface area contributed by atoms with Crippen LogP contribution in [0.2, 0.25) is 0 Å². The summed E-state index contributed by atoms with van der Waals surface area (Å²) in [5, 5.41) is 18.1. The van der Waals surface area contributed by atoms with Crippen LogP contribution >= 0.6 is 0 Å². The number of ether oxygens (including phenoxy) is 2. The molecule has 0 aromatic heterocycles. The van der Waals surface area contributed by atoms with Crippen LogP contribution in [-0.4, -0.2) is 45.4 Å². The summed E-state index contributed by atoms with van der Waals surface area (Å²) < 4.78 is 41.1. The normalized spacial score (nSPS) is 10.6. The minimum atomic E-state index is -4.07. The molecule has 32 heavy (non-hydrogen) atoms. The number of aliphatic carboxylic acids is 1. The topological polar surface area (TPSA) is 173 Å². The fourth-order valence-corrected chi connectivity index (χ4v) is 3.33. The first-order chi connectivity index (χ1) is 15.0. The molecule has 0 radical (unpaired) electrons. The average Bonchev–Trinajstić information content (AvgIpc) is 2.69. The van der Waals surface area contributed by atoms with Crippen LogP contribution in [-0.2, 0) is 14.9 Å². The van der Waals surface area contributed by atoms with Crippen molar-refractivity contribution in [3.05, 3.63) is 48.0 Å². The highest BCUT2D eigenvalue weighted by Crippen LogP contribution is 2.29. The number of hydrazone groups is 1. The van der Waals surface area contributed by atoms with Gasteiger partial charge < -0.3 is 24.5 Å². The number of para-hydroxylation sites is 1. The molecule has 0 aliphatic rings. The lowest BCUT2D eigenvalue weighted by atomic mass is 10.2. The van der Waals surface area contributed by atoms with E-state index in [0.717, 1.165) is 12.5 Å². The Bertz CT molecular complexity index is 1050. The molecule has 0 unspecified atom stereocenters. The molecular formula is C20H26N4O7S. The van der Waals surface area contributed by atoms with E-state index in [9.17, 15) is 8.42 Å². The zero-order chi connectivity index (χ0) is 24.1. The number of aryl methyl sites for hydroxylation is 1. The molecule has 11 nitrogen and oxygen atoms in total. The van der Waals surface area contributed by atoms with Crippen LogP contribution in [0.25, 0.3) is 0 Å². The maximum Gasteiger partial charge on any atom is 0.342 e. The Labute approximate surface area is 186 Å². The quantitative estimate of drug-likeness (QED) is 0.142. The standard InChI is InChI=1S/C18H22N4O5S.C2H4O2/c1-13-10-14(26-9-5-8-21-22-18(19)20)12-15(11-13)27-28(23,24)17-7-4-3-6-16(17)25-2;1-2(3)4/h3-4,6-8,10-12H,5,9H2,1-2H3,(H4,19,20,22);1H3,(H,3,4). The van der Waals surface area contributed by atoms with Gasteiger partial charge in [-0.2, -0.15) is 13.5 Å². The number of rotatable bonds is 9. The fourth-order valence-electron chi connectivity index (χ4n) is 2.25. The third-order valence-corrected chi connectivity index (χ3v) is 4.65. The number of hydrogen-bond acceptors (Lipinski definition) is 8. The van der Waals surface area contributed by atoms with E-state index in [2.05, 4.69) is 10.5 Å². The second-order valence-corrected chi connectivity index (χ2v) is 7.68. The molecule has 0 aliphatic heterocycles. The van der Waals surface area contributed by atoms with Crippen molar-refractivity contribution >= 4 is 28.3 Å². The van der Waals surface area contributed by atoms with Crippen molar-refractivity contribution in [3.63, 3.8) is 0 Å². The summed E-state index contributed by atoms with van der Waals surface area (Å²) in [6.45, 7) is 3.18. The maximum absolute atomic E-state index is 12.6. The lowest BCUT2D eigenvalue weighted by molar-refractivity contribution is -0.134. The van der Waals surface area contributed by atoms with Crippen molar-refractivity contribution in [1.29, 1.82) is 5.41 Å². The van der Waals surface area contributed by atoms with E-state index < -0.39 is 16.1 Å². The van der Waals surface area contributed by atoms with Crippen molar-refractivity contribution in [2.24, 2.45) is 10.8 Å². The van der Waals surface area contributed by atoms with Crippen LogP contribution in [0, 0.1) is 12.3 Å². The smallest absolute Gasteiger partial charge is 0.342 e. The Kier molecular flexibility index (Phi) is 10.5. The van der Waals surface area contributed by atoms with E-state index in [4.69, 9.17) is 34.7 Å². The Morgan fingerprint density at radius 2 is 1.88 bits per heavy atom. The molecule has 0 bridgehead atoms. The van der Waals surface area contributed by atoms with Crippen molar-refractivity contribution in [2.45, 2.75) is 25.2 Å². The number of nitrogens with one attached hydrogen (secondary N) is 2. The monoisotopic (exact) mass is 466 g/mol. The Morgan fingerprint density at radius 3 is 2.50 bits per heavy atom. The van der Waals surface area contributed by atoms with Crippen LogP contribution < -0.4 is 24.8 Å². The van der Waals surface area contributed by atoms with Gasteiger partial charge in [-0.1, -0.05) is 12.1 Å². The van der Waals surface area contributed by atoms with Gasteiger partial charge in [0.1, 0.15) is 22.1 Å². The predicted molar refractivity (Wildman–Crippen MR) is 119 cm³/mol. The highest BCUT2D eigenvalue weighted by Gasteiger charge is 2.21. The van der Waals surface area contributed by atoms with Crippen LogP contribution in [0.5, 0.6) is 17.2 Å². The molecule has 2 aromatic rings. The molecule has 0 fully saturated rings. The first-order valence-electron chi connectivity index (χ1n) is 9.18. The molecule has 0 aliphatic carbocycles. The highest BCUT2D eigenvalue weighted by molar-refractivity contribution is 7.87. The number of nitrogens with zero attached hydrogens (tertiary/aromatic N) is 1. The van der Waals surface area contributed by atoms with E-state index in [1.165, 1.54) is 25.5 Å². The van der Waals surface area contributed by atoms with Gasteiger partial charge >= 0.3 is 10.1 Å². The summed E-state index contributed by atoms with van der Waals surface area (Å²) in [5.74, 6) is -0.301. The number of guanidine groups is 1. The number of carboxylic acids is 1. The Morgan fingerprint density at radius 1 is 1.25 bits per heavy atom. The number of methoxy groups -OCH3 is 1. The third-order valence-electron chi connectivity index (χ3n) is 3.36. The van der Waals surface area contributed by atoms with Crippen molar-refractivity contribution in [3.8, 4) is 17.2 Å². The van der Waals surface area contributed by atoms with E-state index in [1.54, 1.807) is 37.3 Å². The molecular weight excluding hydrogens is 440 g/mol. The molecule has 0 atom stereocenters. The van der Waals surface area contributed by atoms with Crippen molar-refractivity contribution in [2.75, 3.05) is 13.7 Å². The number of nitrogens with two attached hydrogens (primary N) is 1. The zero-order valence-corrected chi connectivity index (χ0v) is 18.7. The Hall–Kier alpha value is -3.80. The minimum absolute atomic E-state index is 0.0596. The van der Waals surface area contributed by atoms with Crippen molar-refractivity contribution in [1.82, 2.24) is 5.43 Å². The first-order valence-corrected chi connectivity index (χ1v) is 10.6. The lowest BCUT2D eigenvalue weighted by Gasteiger charge is -2.12. The minimum Gasteiger partial charge on any atom is -0.495 e. The van der Waals surface area contributed by atoms with Gasteiger partial charge in [-0.3, -0.25) is 10.2 Å². The fraction of sp³-hybridized carbons (Fsp3) is 0.250. The average molecular weight is 467 g/mol. The van der Waals surface area contributed by atoms with Gasteiger partial charge in [0.2, 0.25) is 5.96 Å². The molecule has 0 amide bonds. The predicted octanol–water partition coefficient (Wildman–Crippen LogP) is 2.10. The van der Waals surface area contributed by atoms with Crippen LogP contribution in [0.3, 0.4) is 0 Å². The van der Waals surface area contributed by atoms with Gasteiger partial charge in [-0.05, 0) is 36.8 Å². The molecule has 174 valence electrons. The van der Waals surface area contributed by atoms with Crippen LogP contribution in [0.15, 0.2) is 52.5 Å². The van der Waals surface area contributed by atoms with E-state index in [-0.39, 0.29) is 22.4 Å². The van der Waals surface area contributed by atoms with Gasteiger partial charge in [0.15, 0.2) is 0 Å². The van der Waals surface area contributed by atoms with Gasteiger partial charge in [-0.15, -0.1) is 0 Å². The summed E-state index contributed by atoms with van der Waals surface area (Å²) in [6, 6.07) is 11.1. The summed E-state index contributed by atoms with van der Waals surface area (Å²) in [5.41, 5.74) is 8.16. The molecule has 12 heteroatoms. The lowest BCUT2D eigenvalue weighted by Crippen LogP contribution is -2.25. The van der Waals surface area contributed by atoms with Gasteiger partial charge in [0, 0.05) is 25.6 Å². The largest absolute Gasteiger partial charge is 0.495 e. The molecule has 2 rings (SSSR count). The first kappa shape index (κ1) is 26.2. The molecule has 2 aromatic carbocycles.